The van der Waals surface area contributed by atoms with Gasteiger partial charge in [-0.05, 0) is 25.0 Å². The first kappa shape index (κ1) is 15.4. The van der Waals surface area contributed by atoms with Gasteiger partial charge in [0.25, 0.3) is 5.56 Å². The van der Waals surface area contributed by atoms with Gasteiger partial charge in [-0.3, -0.25) is 14.2 Å². The van der Waals surface area contributed by atoms with E-state index in [1.165, 1.54) is 22.2 Å². The first-order chi connectivity index (χ1) is 11.1. The number of carbonyl (C=O) groups is 1. The van der Waals surface area contributed by atoms with E-state index in [0.29, 0.717) is 16.8 Å². The number of carbonyl (C=O) groups excluding carboxylic acids is 1. The monoisotopic (exact) mass is 327 g/mol. The number of aryl methyl sites for hydroxylation is 1. The largest absolute Gasteiger partial charge is 0.355 e. The summed E-state index contributed by atoms with van der Waals surface area (Å²) in [5.41, 5.74) is 1.82. The topological polar surface area (TPSA) is 64.0 Å². The van der Waals surface area contributed by atoms with Crippen molar-refractivity contribution in [3.05, 3.63) is 52.6 Å². The molecule has 0 radical (unpaired) electrons. The summed E-state index contributed by atoms with van der Waals surface area (Å²) in [7, 11) is 0. The van der Waals surface area contributed by atoms with Crippen molar-refractivity contribution < 1.29 is 4.79 Å². The predicted octanol–water partition coefficient (Wildman–Crippen LogP) is 2.57. The lowest BCUT2D eigenvalue weighted by molar-refractivity contribution is -0.121. The molecule has 2 heterocycles. The number of nitrogens with zero attached hydrogens (tertiary/aromatic N) is 2. The maximum Gasteiger partial charge on any atom is 0.262 e. The summed E-state index contributed by atoms with van der Waals surface area (Å²) in [6.07, 6.45) is 1.45. The van der Waals surface area contributed by atoms with E-state index in [1.807, 2.05) is 44.2 Å². The molecule has 0 atom stereocenters. The van der Waals surface area contributed by atoms with Gasteiger partial charge in [0.2, 0.25) is 5.91 Å². The number of nitrogens with one attached hydrogen (secondary N) is 1. The minimum Gasteiger partial charge on any atom is -0.355 e. The highest BCUT2D eigenvalue weighted by Gasteiger charge is 2.16. The average Bonchev–Trinajstić information content (AvgIpc) is 2.89. The molecule has 0 aliphatic heterocycles. The predicted molar refractivity (Wildman–Crippen MR) is 92.7 cm³/mol. The van der Waals surface area contributed by atoms with Crippen LogP contribution < -0.4 is 10.9 Å². The van der Waals surface area contributed by atoms with Crippen molar-refractivity contribution in [1.82, 2.24) is 14.9 Å². The van der Waals surface area contributed by atoms with Gasteiger partial charge in [0.05, 0.1) is 11.7 Å². The molecule has 0 aliphatic rings. The van der Waals surface area contributed by atoms with Gasteiger partial charge in [0.15, 0.2) is 0 Å². The SMILES string of the molecule is CCNC(=O)Cn1cnc2sc(-c3ccccc3)c(C)c2c1=O. The molecule has 0 aliphatic carbocycles. The maximum atomic E-state index is 12.7. The van der Waals surface area contributed by atoms with Crippen LogP contribution >= 0.6 is 11.3 Å². The molecule has 0 spiro atoms. The van der Waals surface area contributed by atoms with E-state index in [9.17, 15) is 9.59 Å². The van der Waals surface area contributed by atoms with E-state index in [-0.39, 0.29) is 18.0 Å². The summed E-state index contributed by atoms with van der Waals surface area (Å²) in [6.45, 7) is 4.31. The van der Waals surface area contributed by atoms with Crippen LogP contribution in [-0.2, 0) is 11.3 Å². The Bertz CT molecular complexity index is 913. The second kappa shape index (κ2) is 6.34. The normalized spacial score (nSPS) is 10.9. The number of fused-ring (bicyclic) bond motifs is 1. The Morgan fingerprint density at radius 1 is 1.30 bits per heavy atom. The molecule has 0 unspecified atom stereocenters. The Morgan fingerprint density at radius 2 is 2.04 bits per heavy atom. The smallest absolute Gasteiger partial charge is 0.262 e. The van der Waals surface area contributed by atoms with Crippen LogP contribution in [0.4, 0.5) is 0 Å². The number of benzene rings is 1. The molecule has 5 nitrogen and oxygen atoms in total. The lowest BCUT2D eigenvalue weighted by Crippen LogP contribution is -2.32. The van der Waals surface area contributed by atoms with Crippen LogP contribution in [0.25, 0.3) is 20.7 Å². The number of hydrogen-bond donors (Lipinski definition) is 1. The van der Waals surface area contributed by atoms with Gasteiger partial charge in [0, 0.05) is 11.4 Å². The molecule has 2 aromatic heterocycles. The van der Waals surface area contributed by atoms with Crippen LogP contribution in [0.2, 0.25) is 0 Å². The van der Waals surface area contributed by atoms with Crippen molar-refractivity contribution in [3.63, 3.8) is 0 Å². The lowest BCUT2D eigenvalue weighted by Gasteiger charge is -2.05. The Morgan fingerprint density at radius 3 is 2.74 bits per heavy atom. The summed E-state index contributed by atoms with van der Waals surface area (Å²) >= 11 is 1.50. The molecule has 0 bridgehead atoms. The average molecular weight is 327 g/mol. The summed E-state index contributed by atoms with van der Waals surface area (Å²) in [5, 5.41) is 3.29. The fraction of sp³-hybridized carbons (Fsp3) is 0.235. The van der Waals surface area contributed by atoms with E-state index in [4.69, 9.17) is 0 Å². The molecule has 3 aromatic rings. The Labute approximate surface area is 137 Å². The zero-order valence-electron chi connectivity index (χ0n) is 13.0. The molecule has 1 N–H and O–H groups in total. The highest BCUT2D eigenvalue weighted by Crippen LogP contribution is 2.35. The van der Waals surface area contributed by atoms with Crippen molar-refractivity contribution in [2.75, 3.05) is 6.54 Å². The van der Waals surface area contributed by atoms with Crippen molar-refractivity contribution in [2.45, 2.75) is 20.4 Å². The molecular weight excluding hydrogens is 310 g/mol. The first-order valence-corrected chi connectivity index (χ1v) is 8.24. The van der Waals surface area contributed by atoms with E-state index in [2.05, 4.69) is 10.3 Å². The second-order valence-corrected chi connectivity index (χ2v) is 6.23. The molecule has 0 fully saturated rings. The first-order valence-electron chi connectivity index (χ1n) is 7.42. The van der Waals surface area contributed by atoms with Gasteiger partial charge in [-0.25, -0.2) is 4.98 Å². The Balaban J connectivity index is 2.10. The molecule has 3 rings (SSSR count). The summed E-state index contributed by atoms with van der Waals surface area (Å²) in [4.78, 5) is 30.5. The third-order valence-corrected chi connectivity index (χ3v) is 4.89. The van der Waals surface area contributed by atoms with Gasteiger partial charge in [-0.15, -0.1) is 11.3 Å². The zero-order chi connectivity index (χ0) is 16.4. The quantitative estimate of drug-likeness (QED) is 0.801. The number of likely N-dealkylation sites (N-methyl/N-ethyl adjacent to an activating group) is 1. The van der Waals surface area contributed by atoms with Crippen molar-refractivity contribution >= 4 is 27.5 Å². The number of thiophene rings is 1. The van der Waals surface area contributed by atoms with E-state index in [1.54, 1.807) is 0 Å². The number of hydrogen-bond acceptors (Lipinski definition) is 4. The molecule has 23 heavy (non-hydrogen) atoms. The second-order valence-electron chi connectivity index (χ2n) is 5.23. The van der Waals surface area contributed by atoms with Gasteiger partial charge in [0.1, 0.15) is 11.4 Å². The van der Waals surface area contributed by atoms with Crippen LogP contribution in [0.3, 0.4) is 0 Å². The van der Waals surface area contributed by atoms with Crippen LogP contribution in [0.1, 0.15) is 12.5 Å². The minimum atomic E-state index is -0.188. The minimum absolute atomic E-state index is 0.00836. The van der Waals surface area contributed by atoms with Crippen LogP contribution in [0, 0.1) is 6.92 Å². The van der Waals surface area contributed by atoms with E-state index in [0.717, 1.165) is 16.0 Å². The third kappa shape index (κ3) is 2.90. The van der Waals surface area contributed by atoms with Crippen LogP contribution in [0.15, 0.2) is 41.5 Å². The number of amides is 1. The van der Waals surface area contributed by atoms with Gasteiger partial charge < -0.3 is 5.32 Å². The van der Waals surface area contributed by atoms with Gasteiger partial charge >= 0.3 is 0 Å². The standard InChI is InChI=1S/C17H17N3O2S/c1-3-18-13(21)9-20-10-19-16-14(17(20)22)11(2)15(23-16)12-7-5-4-6-8-12/h4-8,10H,3,9H2,1-2H3,(H,18,21). The summed E-state index contributed by atoms with van der Waals surface area (Å²) in [6, 6.07) is 9.94. The van der Waals surface area contributed by atoms with E-state index < -0.39 is 0 Å². The molecular formula is C17H17N3O2S. The number of rotatable bonds is 4. The van der Waals surface area contributed by atoms with Crippen molar-refractivity contribution in [3.8, 4) is 10.4 Å². The zero-order valence-corrected chi connectivity index (χ0v) is 13.8. The fourth-order valence-electron chi connectivity index (χ4n) is 2.54. The number of aromatic nitrogens is 2. The Kier molecular flexibility index (Phi) is 4.25. The third-order valence-electron chi connectivity index (χ3n) is 3.64. The van der Waals surface area contributed by atoms with Gasteiger partial charge in [-0.2, -0.15) is 0 Å². The molecule has 118 valence electrons. The van der Waals surface area contributed by atoms with Crippen LogP contribution in [0.5, 0.6) is 0 Å². The molecule has 0 saturated carbocycles. The van der Waals surface area contributed by atoms with Crippen molar-refractivity contribution in [1.29, 1.82) is 0 Å². The molecule has 1 aromatic carbocycles. The summed E-state index contributed by atoms with van der Waals surface area (Å²) < 4.78 is 1.36. The van der Waals surface area contributed by atoms with Crippen molar-refractivity contribution in [2.24, 2.45) is 0 Å². The molecule has 6 heteroatoms. The lowest BCUT2D eigenvalue weighted by atomic mass is 10.1. The maximum absolute atomic E-state index is 12.7. The van der Waals surface area contributed by atoms with E-state index >= 15 is 0 Å². The fourth-order valence-corrected chi connectivity index (χ4v) is 3.69. The Hall–Kier alpha value is -2.47. The van der Waals surface area contributed by atoms with Crippen LogP contribution in [-0.4, -0.2) is 22.0 Å². The summed E-state index contributed by atoms with van der Waals surface area (Å²) in [5.74, 6) is -0.188. The highest BCUT2D eigenvalue weighted by atomic mass is 32.1. The molecule has 1 amide bonds. The van der Waals surface area contributed by atoms with Gasteiger partial charge in [-0.1, -0.05) is 30.3 Å². The highest BCUT2D eigenvalue weighted by molar-refractivity contribution is 7.22. The molecule has 0 saturated heterocycles.